The molecule has 2 N–H and O–H groups in total. The molecule has 1 heterocycles. The quantitative estimate of drug-likeness (QED) is 0.840. The van der Waals surface area contributed by atoms with Crippen LogP contribution in [0.3, 0.4) is 0 Å². The van der Waals surface area contributed by atoms with Gasteiger partial charge in [0, 0.05) is 30.0 Å². The van der Waals surface area contributed by atoms with Crippen molar-refractivity contribution in [2.24, 2.45) is 0 Å². The molecule has 1 fully saturated rings. The van der Waals surface area contributed by atoms with Crippen molar-refractivity contribution in [1.82, 2.24) is 10.3 Å². The van der Waals surface area contributed by atoms with E-state index in [0.717, 1.165) is 11.3 Å². The summed E-state index contributed by atoms with van der Waals surface area (Å²) in [7, 11) is 0. The number of aliphatic hydroxyl groups excluding tert-OH is 1. The number of rotatable bonds is 4. The van der Waals surface area contributed by atoms with Gasteiger partial charge in [-0.25, -0.2) is 0 Å². The second-order valence-electron chi connectivity index (χ2n) is 4.99. The first-order valence-electron chi connectivity index (χ1n) is 6.60. The van der Waals surface area contributed by atoms with Crippen molar-refractivity contribution >= 4 is 0 Å². The van der Waals surface area contributed by atoms with Crippen molar-refractivity contribution in [3.8, 4) is 0 Å². The largest absolute Gasteiger partial charge is 0.387 e. The van der Waals surface area contributed by atoms with E-state index < -0.39 is 6.10 Å². The van der Waals surface area contributed by atoms with Crippen LogP contribution in [0.1, 0.15) is 49.5 Å². The first-order chi connectivity index (χ1) is 8.25. The molecule has 0 spiro atoms. The fourth-order valence-electron chi connectivity index (χ4n) is 2.38. The van der Waals surface area contributed by atoms with Crippen LogP contribution in [0.4, 0.5) is 0 Å². The second-order valence-corrected chi connectivity index (χ2v) is 4.99. The standard InChI is InChI=1S/C14H22N2O/c1-11-7-8-12(9-15-11)14(17)10-16-13-5-3-2-4-6-13/h7-9,13-14,16-17H,2-6,10H2,1H3/t14-/m1/s1. The molecule has 0 radical (unpaired) electrons. The molecule has 0 unspecified atom stereocenters. The van der Waals surface area contributed by atoms with Gasteiger partial charge in [0.15, 0.2) is 0 Å². The molecule has 3 heteroatoms. The lowest BCUT2D eigenvalue weighted by Crippen LogP contribution is -2.34. The zero-order chi connectivity index (χ0) is 12.1. The lowest BCUT2D eigenvalue weighted by atomic mass is 9.95. The summed E-state index contributed by atoms with van der Waals surface area (Å²) in [5.74, 6) is 0. The van der Waals surface area contributed by atoms with E-state index in [9.17, 15) is 5.11 Å². The number of hydrogen-bond acceptors (Lipinski definition) is 3. The van der Waals surface area contributed by atoms with Crippen LogP contribution in [-0.2, 0) is 0 Å². The number of nitrogens with one attached hydrogen (secondary N) is 1. The maximum atomic E-state index is 10.0. The molecule has 1 aliphatic rings. The highest BCUT2D eigenvalue weighted by Crippen LogP contribution is 2.18. The van der Waals surface area contributed by atoms with Gasteiger partial charge in [0.1, 0.15) is 0 Å². The normalized spacial score (nSPS) is 19.2. The molecule has 1 aromatic heterocycles. The zero-order valence-electron chi connectivity index (χ0n) is 10.5. The van der Waals surface area contributed by atoms with E-state index in [1.54, 1.807) is 6.20 Å². The number of pyridine rings is 1. The molecule has 0 bridgehead atoms. The highest BCUT2D eigenvalue weighted by Gasteiger charge is 2.15. The summed E-state index contributed by atoms with van der Waals surface area (Å²) in [6, 6.07) is 4.49. The first kappa shape index (κ1) is 12.5. The fraction of sp³-hybridized carbons (Fsp3) is 0.643. The van der Waals surface area contributed by atoms with Crippen LogP contribution in [0.2, 0.25) is 0 Å². The third-order valence-electron chi connectivity index (χ3n) is 3.52. The maximum Gasteiger partial charge on any atom is 0.0929 e. The summed E-state index contributed by atoms with van der Waals surface area (Å²) in [5.41, 5.74) is 1.89. The van der Waals surface area contributed by atoms with Crippen LogP contribution in [0.15, 0.2) is 18.3 Å². The van der Waals surface area contributed by atoms with Crippen molar-refractivity contribution in [3.63, 3.8) is 0 Å². The number of hydrogen-bond donors (Lipinski definition) is 2. The number of nitrogens with zero attached hydrogens (tertiary/aromatic N) is 1. The van der Waals surface area contributed by atoms with Crippen LogP contribution in [0.25, 0.3) is 0 Å². The van der Waals surface area contributed by atoms with Gasteiger partial charge in [0.25, 0.3) is 0 Å². The molecule has 17 heavy (non-hydrogen) atoms. The Morgan fingerprint density at radius 1 is 1.35 bits per heavy atom. The Morgan fingerprint density at radius 2 is 2.12 bits per heavy atom. The van der Waals surface area contributed by atoms with E-state index in [-0.39, 0.29) is 0 Å². The third kappa shape index (κ3) is 3.79. The van der Waals surface area contributed by atoms with E-state index in [4.69, 9.17) is 0 Å². The molecule has 94 valence electrons. The Bertz CT molecular complexity index is 331. The van der Waals surface area contributed by atoms with Gasteiger partial charge in [-0.05, 0) is 25.8 Å². The molecular formula is C14H22N2O. The molecule has 1 saturated carbocycles. The summed E-state index contributed by atoms with van der Waals surface area (Å²) in [6.07, 6.45) is 7.83. The Labute approximate surface area is 103 Å². The Morgan fingerprint density at radius 3 is 2.76 bits per heavy atom. The summed E-state index contributed by atoms with van der Waals surface area (Å²) in [5, 5.41) is 13.5. The average Bonchev–Trinajstić information content (AvgIpc) is 2.38. The maximum absolute atomic E-state index is 10.0. The van der Waals surface area contributed by atoms with Crippen LogP contribution in [0.5, 0.6) is 0 Å². The van der Waals surface area contributed by atoms with Gasteiger partial charge in [-0.15, -0.1) is 0 Å². The van der Waals surface area contributed by atoms with E-state index in [1.807, 2.05) is 19.1 Å². The highest BCUT2D eigenvalue weighted by molar-refractivity contribution is 5.15. The highest BCUT2D eigenvalue weighted by atomic mass is 16.3. The van der Waals surface area contributed by atoms with Crippen molar-refractivity contribution in [3.05, 3.63) is 29.6 Å². The van der Waals surface area contributed by atoms with Crippen molar-refractivity contribution in [2.75, 3.05) is 6.54 Å². The van der Waals surface area contributed by atoms with Crippen molar-refractivity contribution in [2.45, 2.75) is 51.2 Å². The molecular weight excluding hydrogens is 212 g/mol. The minimum atomic E-state index is -0.440. The van der Waals surface area contributed by atoms with Gasteiger partial charge in [0.2, 0.25) is 0 Å². The number of aromatic nitrogens is 1. The number of aliphatic hydroxyl groups is 1. The van der Waals surface area contributed by atoms with E-state index >= 15 is 0 Å². The third-order valence-corrected chi connectivity index (χ3v) is 3.52. The van der Waals surface area contributed by atoms with Gasteiger partial charge >= 0.3 is 0 Å². The van der Waals surface area contributed by atoms with E-state index in [0.29, 0.717) is 12.6 Å². The topological polar surface area (TPSA) is 45.1 Å². The average molecular weight is 234 g/mol. The second kappa shape index (κ2) is 6.12. The molecule has 1 atom stereocenters. The zero-order valence-corrected chi connectivity index (χ0v) is 10.5. The fourth-order valence-corrected chi connectivity index (χ4v) is 2.38. The summed E-state index contributed by atoms with van der Waals surface area (Å²) >= 11 is 0. The monoisotopic (exact) mass is 234 g/mol. The summed E-state index contributed by atoms with van der Waals surface area (Å²) in [6.45, 7) is 2.59. The number of aryl methyl sites for hydroxylation is 1. The van der Waals surface area contributed by atoms with Gasteiger partial charge in [-0.3, -0.25) is 4.98 Å². The van der Waals surface area contributed by atoms with Crippen molar-refractivity contribution < 1.29 is 5.11 Å². The Balaban J connectivity index is 1.80. The minimum Gasteiger partial charge on any atom is -0.387 e. The van der Waals surface area contributed by atoms with Crippen LogP contribution in [0, 0.1) is 6.92 Å². The van der Waals surface area contributed by atoms with Crippen molar-refractivity contribution in [1.29, 1.82) is 0 Å². The Hall–Kier alpha value is -0.930. The predicted molar refractivity (Wildman–Crippen MR) is 68.8 cm³/mol. The van der Waals surface area contributed by atoms with Gasteiger partial charge in [-0.2, -0.15) is 0 Å². The predicted octanol–water partition coefficient (Wildman–Crippen LogP) is 2.35. The van der Waals surface area contributed by atoms with Gasteiger partial charge in [-0.1, -0.05) is 25.3 Å². The van der Waals surface area contributed by atoms with E-state index in [2.05, 4.69) is 10.3 Å². The van der Waals surface area contributed by atoms with Gasteiger partial charge < -0.3 is 10.4 Å². The molecule has 0 aromatic carbocycles. The Kier molecular flexibility index (Phi) is 4.51. The van der Waals surface area contributed by atoms with Gasteiger partial charge in [0.05, 0.1) is 6.10 Å². The molecule has 2 rings (SSSR count). The molecule has 0 saturated heterocycles. The summed E-state index contributed by atoms with van der Waals surface area (Å²) in [4.78, 5) is 4.21. The minimum absolute atomic E-state index is 0.440. The molecule has 3 nitrogen and oxygen atoms in total. The molecule has 1 aromatic rings. The molecule has 1 aliphatic carbocycles. The lowest BCUT2D eigenvalue weighted by Gasteiger charge is -2.24. The smallest absolute Gasteiger partial charge is 0.0929 e. The molecule has 0 amide bonds. The summed E-state index contributed by atoms with van der Waals surface area (Å²) < 4.78 is 0. The van der Waals surface area contributed by atoms with E-state index in [1.165, 1.54) is 32.1 Å². The van der Waals surface area contributed by atoms with Crippen LogP contribution in [-0.4, -0.2) is 22.7 Å². The molecule has 0 aliphatic heterocycles. The SMILES string of the molecule is Cc1ccc([C@H](O)CNC2CCCCC2)cn1. The lowest BCUT2D eigenvalue weighted by molar-refractivity contribution is 0.165. The van der Waals surface area contributed by atoms with Crippen LogP contribution >= 0.6 is 0 Å². The first-order valence-corrected chi connectivity index (χ1v) is 6.60. The van der Waals surface area contributed by atoms with Crippen LogP contribution < -0.4 is 5.32 Å².